The van der Waals surface area contributed by atoms with Gasteiger partial charge < -0.3 is 4.90 Å². The third-order valence-corrected chi connectivity index (χ3v) is 6.47. The minimum absolute atomic E-state index is 0.0132. The molecule has 2 atom stereocenters. The van der Waals surface area contributed by atoms with E-state index in [1.165, 1.54) is 6.26 Å². The fraction of sp³-hybridized carbons (Fsp3) is 0.900. The summed E-state index contributed by atoms with van der Waals surface area (Å²) in [5, 5.41) is -0.0132. The molecule has 0 N–H and O–H groups in total. The van der Waals surface area contributed by atoms with Gasteiger partial charge in [0.1, 0.15) is 9.84 Å². The second kappa shape index (κ2) is 6.33. The van der Waals surface area contributed by atoms with E-state index in [0.717, 1.165) is 17.3 Å². The van der Waals surface area contributed by atoms with Crippen LogP contribution in [0.3, 0.4) is 0 Å². The maximum atomic E-state index is 12.1. The molecule has 1 heterocycles. The average Bonchev–Trinajstić information content (AvgIpc) is 2.26. The summed E-state index contributed by atoms with van der Waals surface area (Å²) >= 11 is 3.46. The molecule has 100 valence electrons. The van der Waals surface area contributed by atoms with Gasteiger partial charge in [-0.2, -0.15) is 11.8 Å². The van der Waals surface area contributed by atoms with Crippen LogP contribution in [-0.4, -0.2) is 66.8 Å². The van der Waals surface area contributed by atoms with Gasteiger partial charge in [-0.3, -0.25) is 4.79 Å². The molecule has 0 aliphatic carbocycles. The summed E-state index contributed by atoms with van der Waals surface area (Å²) in [6.45, 7) is 1.78. The van der Waals surface area contributed by atoms with Crippen LogP contribution < -0.4 is 0 Å². The topological polar surface area (TPSA) is 54.5 Å². The van der Waals surface area contributed by atoms with E-state index in [0.29, 0.717) is 0 Å². The Morgan fingerprint density at radius 3 is 2.59 bits per heavy atom. The number of nitrogens with zero attached hydrogens (tertiary/aromatic N) is 1. The molecule has 1 aliphatic rings. The van der Waals surface area contributed by atoms with Gasteiger partial charge in [0.2, 0.25) is 5.91 Å². The van der Waals surface area contributed by atoms with E-state index in [1.54, 1.807) is 42.4 Å². The molecular formula is C10H19NO3S3. The average molecular weight is 297 g/mol. The number of hydrogen-bond acceptors (Lipinski definition) is 5. The van der Waals surface area contributed by atoms with Gasteiger partial charge >= 0.3 is 0 Å². The highest BCUT2D eigenvalue weighted by molar-refractivity contribution is 8.07. The lowest BCUT2D eigenvalue weighted by Crippen LogP contribution is -2.45. The lowest BCUT2D eigenvalue weighted by atomic mass is 10.3. The van der Waals surface area contributed by atoms with Gasteiger partial charge in [-0.05, 0) is 6.92 Å². The van der Waals surface area contributed by atoms with Crippen molar-refractivity contribution in [1.29, 1.82) is 0 Å². The predicted octanol–water partition coefficient (Wildman–Crippen LogP) is 0.727. The van der Waals surface area contributed by atoms with Crippen molar-refractivity contribution in [2.45, 2.75) is 18.2 Å². The molecule has 17 heavy (non-hydrogen) atoms. The second-order valence-corrected chi connectivity index (χ2v) is 8.97. The van der Waals surface area contributed by atoms with Gasteiger partial charge in [-0.25, -0.2) is 8.42 Å². The van der Waals surface area contributed by atoms with E-state index in [-0.39, 0.29) is 23.0 Å². The van der Waals surface area contributed by atoms with Crippen LogP contribution in [0.15, 0.2) is 0 Å². The van der Waals surface area contributed by atoms with Crippen molar-refractivity contribution in [2.24, 2.45) is 0 Å². The zero-order valence-electron chi connectivity index (χ0n) is 10.4. The first-order chi connectivity index (χ1) is 7.81. The van der Waals surface area contributed by atoms with Gasteiger partial charge in [0.05, 0.1) is 11.0 Å². The lowest BCUT2D eigenvalue weighted by Gasteiger charge is -2.29. The second-order valence-electron chi connectivity index (χ2n) is 4.32. The Kier molecular flexibility index (Phi) is 5.66. The predicted molar refractivity (Wildman–Crippen MR) is 75.5 cm³/mol. The molecule has 1 amide bonds. The van der Waals surface area contributed by atoms with Crippen LogP contribution in [0.2, 0.25) is 0 Å². The number of amides is 1. The van der Waals surface area contributed by atoms with E-state index in [9.17, 15) is 13.2 Å². The monoisotopic (exact) mass is 297 g/mol. The molecular weight excluding hydrogens is 278 g/mol. The van der Waals surface area contributed by atoms with Crippen molar-refractivity contribution in [2.75, 3.05) is 36.3 Å². The quantitative estimate of drug-likeness (QED) is 0.765. The standard InChI is InChI=1S/C10H19NO3S3/c1-8(7-17(3,13)14)11(2)10(12)9-6-15-4-5-16-9/h8-9H,4-7H2,1-3H3/t8-,9+/m0/s1. The molecule has 0 bridgehead atoms. The molecule has 0 aromatic heterocycles. The van der Waals surface area contributed by atoms with Crippen LogP contribution in [0.5, 0.6) is 0 Å². The van der Waals surface area contributed by atoms with E-state index in [2.05, 4.69) is 0 Å². The van der Waals surface area contributed by atoms with Gasteiger partial charge in [-0.1, -0.05) is 0 Å². The maximum absolute atomic E-state index is 12.1. The molecule has 4 nitrogen and oxygen atoms in total. The van der Waals surface area contributed by atoms with Crippen molar-refractivity contribution in [3.05, 3.63) is 0 Å². The van der Waals surface area contributed by atoms with Crippen LogP contribution in [0.4, 0.5) is 0 Å². The van der Waals surface area contributed by atoms with Crippen molar-refractivity contribution in [1.82, 2.24) is 4.90 Å². The molecule has 0 saturated carbocycles. The minimum atomic E-state index is -3.04. The van der Waals surface area contributed by atoms with Crippen molar-refractivity contribution in [3.8, 4) is 0 Å². The first-order valence-corrected chi connectivity index (χ1v) is 9.71. The summed E-state index contributed by atoms with van der Waals surface area (Å²) in [5.74, 6) is 3.00. The molecule has 0 spiro atoms. The minimum Gasteiger partial charge on any atom is -0.341 e. The van der Waals surface area contributed by atoms with Gasteiger partial charge in [0.15, 0.2) is 0 Å². The van der Waals surface area contributed by atoms with Crippen LogP contribution in [0.25, 0.3) is 0 Å². The maximum Gasteiger partial charge on any atom is 0.236 e. The fourth-order valence-electron chi connectivity index (χ4n) is 1.62. The van der Waals surface area contributed by atoms with E-state index < -0.39 is 9.84 Å². The van der Waals surface area contributed by atoms with Gasteiger partial charge in [0.25, 0.3) is 0 Å². The lowest BCUT2D eigenvalue weighted by molar-refractivity contribution is -0.130. The molecule has 0 aromatic carbocycles. The normalized spacial score (nSPS) is 23.1. The summed E-state index contributed by atoms with van der Waals surface area (Å²) in [4.78, 5) is 13.7. The largest absolute Gasteiger partial charge is 0.341 e. The van der Waals surface area contributed by atoms with Gasteiger partial charge in [-0.15, -0.1) is 11.8 Å². The number of carbonyl (C=O) groups is 1. The number of hydrogen-bond donors (Lipinski definition) is 0. The third kappa shape index (κ3) is 5.09. The first kappa shape index (κ1) is 15.2. The Morgan fingerprint density at radius 1 is 1.47 bits per heavy atom. The van der Waals surface area contributed by atoms with E-state index in [4.69, 9.17) is 0 Å². The zero-order chi connectivity index (χ0) is 13.1. The Bertz CT molecular complexity index is 363. The van der Waals surface area contributed by atoms with E-state index >= 15 is 0 Å². The van der Waals surface area contributed by atoms with E-state index in [1.807, 2.05) is 0 Å². The SMILES string of the molecule is C[C@@H](CS(C)(=O)=O)N(C)C(=O)[C@H]1CSCCS1. The van der Waals surface area contributed by atoms with Crippen LogP contribution in [0, 0.1) is 0 Å². The zero-order valence-corrected chi connectivity index (χ0v) is 12.8. The highest BCUT2D eigenvalue weighted by Crippen LogP contribution is 2.25. The number of carbonyl (C=O) groups excluding carboxylic acids is 1. The van der Waals surface area contributed by atoms with Crippen LogP contribution in [0.1, 0.15) is 6.92 Å². The molecule has 0 aromatic rings. The van der Waals surface area contributed by atoms with Gasteiger partial charge in [0, 0.05) is 36.6 Å². The molecule has 1 aliphatic heterocycles. The Labute approximate surface area is 112 Å². The van der Waals surface area contributed by atoms with Crippen molar-refractivity contribution in [3.63, 3.8) is 0 Å². The highest BCUT2D eigenvalue weighted by Gasteiger charge is 2.28. The first-order valence-electron chi connectivity index (χ1n) is 5.45. The summed E-state index contributed by atoms with van der Waals surface area (Å²) in [7, 11) is -1.35. The molecule has 1 fully saturated rings. The summed E-state index contributed by atoms with van der Waals surface area (Å²) in [5.41, 5.74) is 0. The highest BCUT2D eigenvalue weighted by atomic mass is 32.2. The Balaban J connectivity index is 2.55. The van der Waals surface area contributed by atoms with Crippen LogP contribution >= 0.6 is 23.5 Å². The molecule has 1 saturated heterocycles. The Hall–Kier alpha value is 0.120. The number of rotatable bonds is 4. The third-order valence-electron chi connectivity index (χ3n) is 2.64. The van der Waals surface area contributed by atoms with Crippen molar-refractivity contribution < 1.29 is 13.2 Å². The smallest absolute Gasteiger partial charge is 0.236 e. The fourth-order valence-corrected chi connectivity index (χ4v) is 5.37. The molecule has 7 heteroatoms. The Morgan fingerprint density at radius 2 is 2.12 bits per heavy atom. The van der Waals surface area contributed by atoms with Crippen molar-refractivity contribution >= 4 is 39.3 Å². The molecule has 1 rings (SSSR count). The number of thioether (sulfide) groups is 2. The van der Waals surface area contributed by atoms with Crippen LogP contribution in [-0.2, 0) is 14.6 Å². The summed E-state index contributed by atoms with van der Waals surface area (Å²) in [6.07, 6.45) is 1.20. The number of sulfone groups is 1. The summed E-state index contributed by atoms with van der Waals surface area (Å²) in [6, 6.07) is -0.259. The summed E-state index contributed by atoms with van der Waals surface area (Å²) < 4.78 is 22.4. The molecule has 0 unspecified atom stereocenters. The molecule has 0 radical (unpaired) electrons.